The molecule has 0 spiro atoms. The van der Waals surface area contributed by atoms with Gasteiger partial charge in [-0.3, -0.25) is 4.79 Å². The molecular weight excluding hydrogens is 262 g/mol. The minimum atomic E-state index is -0.261. The minimum absolute atomic E-state index is 0.00622. The molecule has 118 valence electrons. The summed E-state index contributed by atoms with van der Waals surface area (Å²) < 4.78 is 0. The second-order valence-corrected chi connectivity index (χ2v) is 7.65. The van der Waals surface area contributed by atoms with Gasteiger partial charge in [0, 0.05) is 17.7 Å². The third kappa shape index (κ3) is 5.50. The highest BCUT2D eigenvalue weighted by molar-refractivity contribution is 5.96. The van der Waals surface area contributed by atoms with Gasteiger partial charge in [0.2, 0.25) is 0 Å². The van der Waals surface area contributed by atoms with Crippen LogP contribution < -0.4 is 5.32 Å². The molecule has 0 saturated heterocycles. The van der Waals surface area contributed by atoms with Crippen LogP contribution in [-0.4, -0.2) is 23.2 Å². The third-order valence-electron chi connectivity index (χ3n) is 3.31. The summed E-state index contributed by atoms with van der Waals surface area (Å²) in [6.45, 7) is 12.5. The number of nitrogens with one attached hydrogen (secondary N) is 1. The van der Waals surface area contributed by atoms with Crippen molar-refractivity contribution < 1.29 is 9.90 Å². The van der Waals surface area contributed by atoms with Gasteiger partial charge < -0.3 is 10.4 Å². The molecule has 0 atom stereocenters. The fourth-order valence-electron chi connectivity index (χ4n) is 2.15. The lowest BCUT2D eigenvalue weighted by Gasteiger charge is -2.24. The molecular formula is C18H29NO2. The number of benzene rings is 1. The predicted molar refractivity (Wildman–Crippen MR) is 87.8 cm³/mol. The largest absolute Gasteiger partial charge is 0.396 e. The standard InChI is InChI=1S/C18H29NO2/c1-17(2,3)14-10-9-13(8-7-11-20)15(12-14)16(21)19-18(4,5)6/h9-10,12,20H,7-8,11H2,1-6H3,(H,19,21). The van der Waals surface area contributed by atoms with E-state index < -0.39 is 0 Å². The monoisotopic (exact) mass is 291 g/mol. The number of rotatable bonds is 4. The number of aliphatic hydroxyl groups excluding tert-OH is 1. The van der Waals surface area contributed by atoms with Gasteiger partial charge >= 0.3 is 0 Å². The highest BCUT2D eigenvalue weighted by atomic mass is 16.2. The maximum Gasteiger partial charge on any atom is 0.251 e. The summed E-state index contributed by atoms with van der Waals surface area (Å²) in [6.07, 6.45) is 1.39. The van der Waals surface area contributed by atoms with Crippen molar-refractivity contribution in [2.24, 2.45) is 0 Å². The van der Waals surface area contributed by atoms with Crippen LogP contribution in [0.1, 0.15) is 69.4 Å². The van der Waals surface area contributed by atoms with Crippen LogP contribution in [-0.2, 0) is 11.8 Å². The van der Waals surface area contributed by atoms with Gasteiger partial charge in [-0.25, -0.2) is 0 Å². The molecule has 1 aromatic rings. The highest BCUT2D eigenvalue weighted by Crippen LogP contribution is 2.25. The number of carbonyl (C=O) groups is 1. The molecule has 0 aromatic heterocycles. The molecule has 0 heterocycles. The van der Waals surface area contributed by atoms with E-state index in [0.717, 1.165) is 16.7 Å². The number of carbonyl (C=O) groups excluding carboxylic acids is 1. The Morgan fingerprint density at radius 3 is 2.24 bits per heavy atom. The van der Waals surface area contributed by atoms with Crippen molar-refractivity contribution in [3.8, 4) is 0 Å². The van der Waals surface area contributed by atoms with E-state index in [1.165, 1.54) is 0 Å². The van der Waals surface area contributed by atoms with Gasteiger partial charge in [0.05, 0.1) is 0 Å². The molecule has 0 bridgehead atoms. The van der Waals surface area contributed by atoms with Gasteiger partial charge in [0.15, 0.2) is 0 Å². The van der Waals surface area contributed by atoms with Gasteiger partial charge in [-0.15, -0.1) is 0 Å². The van der Waals surface area contributed by atoms with Crippen molar-refractivity contribution in [2.45, 2.75) is 65.3 Å². The topological polar surface area (TPSA) is 49.3 Å². The summed E-state index contributed by atoms with van der Waals surface area (Å²) in [5.74, 6) is -0.0402. The Morgan fingerprint density at radius 2 is 1.76 bits per heavy atom. The van der Waals surface area contributed by atoms with Crippen LogP contribution in [0, 0.1) is 0 Å². The number of aryl methyl sites for hydroxylation is 1. The quantitative estimate of drug-likeness (QED) is 0.893. The van der Waals surface area contributed by atoms with E-state index in [2.05, 4.69) is 32.2 Å². The van der Waals surface area contributed by atoms with E-state index in [4.69, 9.17) is 5.11 Å². The molecule has 0 aliphatic rings. The predicted octanol–water partition coefficient (Wildman–Crippen LogP) is 3.44. The molecule has 21 heavy (non-hydrogen) atoms. The fraction of sp³-hybridized carbons (Fsp3) is 0.611. The van der Waals surface area contributed by atoms with Crippen molar-refractivity contribution in [3.05, 3.63) is 34.9 Å². The van der Waals surface area contributed by atoms with Crippen molar-refractivity contribution in [1.82, 2.24) is 5.32 Å². The second-order valence-electron chi connectivity index (χ2n) is 7.65. The number of amides is 1. The lowest BCUT2D eigenvalue weighted by molar-refractivity contribution is 0.0918. The Labute approximate surface area is 128 Å². The summed E-state index contributed by atoms with van der Waals surface area (Å²) in [5.41, 5.74) is 2.62. The smallest absolute Gasteiger partial charge is 0.251 e. The van der Waals surface area contributed by atoms with Crippen molar-refractivity contribution >= 4 is 5.91 Å². The normalized spacial score (nSPS) is 12.3. The summed E-state index contributed by atoms with van der Waals surface area (Å²) in [6, 6.07) is 6.10. The maximum absolute atomic E-state index is 12.5. The average molecular weight is 291 g/mol. The molecule has 0 aliphatic heterocycles. The molecule has 1 aromatic carbocycles. The minimum Gasteiger partial charge on any atom is -0.396 e. The van der Waals surface area contributed by atoms with Crippen LogP contribution in [0.25, 0.3) is 0 Å². The molecule has 0 saturated carbocycles. The van der Waals surface area contributed by atoms with Crippen molar-refractivity contribution in [3.63, 3.8) is 0 Å². The Bertz CT molecular complexity index is 493. The first-order valence-electron chi connectivity index (χ1n) is 7.61. The van der Waals surface area contributed by atoms with E-state index in [0.29, 0.717) is 12.8 Å². The molecule has 0 unspecified atom stereocenters. The Kier molecular flexibility index (Phi) is 5.57. The fourth-order valence-corrected chi connectivity index (χ4v) is 2.15. The van der Waals surface area contributed by atoms with Gasteiger partial charge in [0.25, 0.3) is 5.91 Å². The highest BCUT2D eigenvalue weighted by Gasteiger charge is 2.21. The van der Waals surface area contributed by atoms with E-state index >= 15 is 0 Å². The van der Waals surface area contributed by atoms with Crippen LogP contribution in [0.4, 0.5) is 0 Å². The zero-order valence-corrected chi connectivity index (χ0v) is 14.2. The van der Waals surface area contributed by atoms with Crippen LogP contribution in [0.15, 0.2) is 18.2 Å². The molecule has 3 nitrogen and oxygen atoms in total. The first-order valence-corrected chi connectivity index (χ1v) is 7.61. The Morgan fingerprint density at radius 1 is 1.14 bits per heavy atom. The van der Waals surface area contributed by atoms with Crippen molar-refractivity contribution in [2.75, 3.05) is 6.61 Å². The van der Waals surface area contributed by atoms with E-state index in [-0.39, 0.29) is 23.5 Å². The van der Waals surface area contributed by atoms with E-state index in [1.807, 2.05) is 32.9 Å². The first-order chi connectivity index (χ1) is 9.54. The van der Waals surface area contributed by atoms with Crippen LogP contribution >= 0.6 is 0 Å². The number of hydrogen-bond acceptors (Lipinski definition) is 2. The Balaban J connectivity index is 3.19. The van der Waals surface area contributed by atoms with Gasteiger partial charge in [-0.1, -0.05) is 32.9 Å². The van der Waals surface area contributed by atoms with E-state index in [1.54, 1.807) is 0 Å². The molecule has 3 heteroatoms. The maximum atomic E-state index is 12.5. The number of hydrogen-bond donors (Lipinski definition) is 2. The van der Waals surface area contributed by atoms with Gasteiger partial charge in [-0.05, 0) is 56.2 Å². The molecule has 0 fully saturated rings. The zero-order valence-electron chi connectivity index (χ0n) is 14.2. The van der Waals surface area contributed by atoms with Crippen LogP contribution in [0.3, 0.4) is 0 Å². The van der Waals surface area contributed by atoms with Crippen LogP contribution in [0.2, 0.25) is 0 Å². The van der Waals surface area contributed by atoms with Gasteiger partial charge in [-0.2, -0.15) is 0 Å². The Hall–Kier alpha value is -1.35. The number of aliphatic hydroxyl groups is 1. The zero-order chi connectivity index (χ0) is 16.3. The molecule has 1 rings (SSSR count). The lowest BCUT2D eigenvalue weighted by atomic mass is 9.84. The summed E-state index contributed by atoms with van der Waals surface area (Å²) in [5, 5.41) is 12.1. The molecule has 0 aliphatic carbocycles. The summed E-state index contributed by atoms with van der Waals surface area (Å²) in [4.78, 5) is 12.5. The molecule has 1 amide bonds. The first kappa shape index (κ1) is 17.7. The third-order valence-corrected chi connectivity index (χ3v) is 3.31. The average Bonchev–Trinajstić information content (AvgIpc) is 2.32. The lowest BCUT2D eigenvalue weighted by Crippen LogP contribution is -2.41. The summed E-state index contributed by atoms with van der Waals surface area (Å²) in [7, 11) is 0. The van der Waals surface area contributed by atoms with Crippen molar-refractivity contribution in [1.29, 1.82) is 0 Å². The van der Waals surface area contributed by atoms with Gasteiger partial charge in [0.1, 0.15) is 0 Å². The van der Waals surface area contributed by atoms with E-state index in [9.17, 15) is 4.79 Å². The SMILES string of the molecule is CC(C)(C)NC(=O)c1cc(C(C)(C)C)ccc1CCCO. The molecule has 0 radical (unpaired) electrons. The summed E-state index contributed by atoms with van der Waals surface area (Å²) >= 11 is 0. The second kappa shape index (κ2) is 6.61. The molecule has 2 N–H and O–H groups in total. The van der Waals surface area contributed by atoms with Crippen LogP contribution in [0.5, 0.6) is 0 Å².